The molecule has 1 amide bonds. The molecule has 1 fully saturated rings. The number of carbonyl (C=O) groups is 2. The van der Waals surface area contributed by atoms with Gasteiger partial charge in [-0.05, 0) is 26.0 Å². The van der Waals surface area contributed by atoms with Gasteiger partial charge in [-0.3, -0.25) is 14.5 Å². The van der Waals surface area contributed by atoms with Crippen molar-refractivity contribution in [2.45, 2.75) is 19.9 Å². The number of nitrogens with zero attached hydrogens (tertiary/aromatic N) is 2. The van der Waals surface area contributed by atoms with E-state index in [0.717, 1.165) is 5.56 Å². The lowest BCUT2D eigenvalue weighted by molar-refractivity contribution is -0.143. The molecule has 5 nitrogen and oxygen atoms in total. The molecule has 20 heavy (non-hydrogen) atoms. The molecular formula is C15H20N2O3. The quantitative estimate of drug-likeness (QED) is 0.902. The number of carboxylic acids is 1. The summed E-state index contributed by atoms with van der Waals surface area (Å²) >= 11 is 0. The van der Waals surface area contributed by atoms with Crippen LogP contribution in [0.2, 0.25) is 0 Å². The summed E-state index contributed by atoms with van der Waals surface area (Å²) in [7, 11) is 0. The van der Waals surface area contributed by atoms with E-state index in [1.165, 1.54) is 0 Å². The Hall–Kier alpha value is -1.88. The number of rotatable bonds is 3. The van der Waals surface area contributed by atoms with Gasteiger partial charge in [0.1, 0.15) is 6.04 Å². The highest BCUT2D eigenvalue weighted by Crippen LogP contribution is 2.11. The highest BCUT2D eigenvalue weighted by molar-refractivity contribution is 5.94. The first kappa shape index (κ1) is 14.5. The maximum Gasteiger partial charge on any atom is 0.320 e. The fraction of sp³-hybridized carbons (Fsp3) is 0.467. The number of carboxylic acid groups (broad SMARTS) is 1. The van der Waals surface area contributed by atoms with Crippen molar-refractivity contribution in [1.29, 1.82) is 0 Å². The van der Waals surface area contributed by atoms with Crippen LogP contribution >= 0.6 is 0 Å². The summed E-state index contributed by atoms with van der Waals surface area (Å²) in [5, 5.41) is 8.99. The molecule has 1 aromatic carbocycles. The third-order valence-corrected chi connectivity index (χ3v) is 3.81. The molecule has 1 aliphatic heterocycles. The molecule has 0 aliphatic carbocycles. The first-order valence-corrected chi connectivity index (χ1v) is 6.82. The molecule has 0 bridgehead atoms. The van der Waals surface area contributed by atoms with E-state index < -0.39 is 12.0 Å². The SMILES string of the molecule is Cc1ccc(C(=O)N2CCN([C@@H](C)C(=O)O)CC2)cc1. The summed E-state index contributed by atoms with van der Waals surface area (Å²) < 4.78 is 0. The van der Waals surface area contributed by atoms with E-state index in [2.05, 4.69) is 0 Å². The normalized spacial score (nSPS) is 17.8. The van der Waals surface area contributed by atoms with Crippen LogP contribution in [0.3, 0.4) is 0 Å². The van der Waals surface area contributed by atoms with Gasteiger partial charge in [0.05, 0.1) is 0 Å². The zero-order valence-electron chi connectivity index (χ0n) is 11.9. The molecule has 0 radical (unpaired) electrons. The van der Waals surface area contributed by atoms with Gasteiger partial charge in [-0.25, -0.2) is 0 Å². The topological polar surface area (TPSA) is 60.9 Å². The second kappa shape index (κ2) is 6.05. The molecule has 1 atom stereocenters. The largest absolute Gasteiger partial charge is 0.480 e. The fourth-order valence-corrected chi connectivity index (χ4v) is 2.35. The predicted molar refractivity (Wildman–Crippen MR) is 75.8 cm³/mol. The van der Waals surface area contributed by atoms with Crippen molar-refractivity contribution in [1.82, 2.24) is 9.80 Å². The van der Waals surface area contributed by atoms with E-state index in [1.807, 2.05) is 36.1 Å². The number of hydrogen-bond donors (Lipinski definition) is 1. The van der Waals surface area contributed by atoms with E-state index >= 15 is 0 Å². The minimum atomic E-state index is -0.816. The molecule has 5 heteroatoms. The van der Waals surface area contributed by atoms with Crippen LogP contribution in [0.5, 0.6) is 0 Å². The second-order valence-corrected chi connectivity index (χ2v) is 5.21. The summed E-state index contributed by atoms with van der Waals surface area (Å²) in [4.78, 5) is 26.9. The Morgan fingerprint density at radius 3 is 2.15 bits per heavy atom. The van der Waals surface area contributed by atoms with Crippen LogP contribution in [0, 0.1) is 6.92 Å². The van der Waals surface area contributed by atoms with E-state index in [4.69, 9.17) is 5.11 Å². The Kier molecular flexibility index (Phi) is 4.39. The average Bonchev–Trinajstić information content (AvgIpc) is 2.46. The van der Waals surface area contributed by atoms with E-state index in [-0.39, 0.29) is 5.91 Å². The van der Waals surface area contributed by atoms with Crippen molar-refractivity contribution in [2.24, 2.45) is 0 Å². The van der Waals surface area contributed by atoms with Crippen molar-refractivity contribution >= 4 is 11.9 Å². The number of aryl methyl sites for hydroxylation is 1. The van der Waals surface area contributed by atoms with Gasteiger partial charge >= 0.3 is 5.97 Å². The average molecular weight is 276 g/mol. The Morgan fingerprint density at radius 2 is 1.65 bits per heavy atom. The lowest BCUT2D eigenvalue weighted by Crippen LogP contribution is -2.53. The molecule has 0 saturated carbocycles. The molecular weight excluding hydrogens is 256 g/mol. The van der Waals surface area contributed by atoms with Crippen LogP contribution in [0.15, 0.2) is 24.3 Å². The molecule has 0 aromatic heterocycles. The zero-order chi connectivity index (χ0) is 14.7. The molecule has 108 valence electrons. The zero-order valence-corrected chi connectivity index (χ0v) is 11.9. The van der Waals surface area contributed by atoms with E-state index in [9.17, 15) is 9.59 Å². The molecule has 1 heterocycles. The number of hydrogen-bond acceptors (Lipinski definition) is 3. The summed E-state index contributed by atoms with van der Waals surface area (Å²) in [5.74, 6) is -0.795. The van der Waals surface area contributed by atoms with Crippen molar-refractivity contribution in [3.8, 4) is 0 Å². The van der Waals surface area contributed by atoms with Gasteiger partial charge in [-0.1, -0.05) is 17.7 Å². The van der Waals surface area contributed by atoms with Gasteiger partial charge in [-0.2, -0.15) is 0 Å². The highest BCUT2D eigenvalue weighted by atomic mass is 16.4. The molecule has 1 aromatic rings. The second-order valence-electron chi connectivity index (χ2n) is 5.21. The number of aliphatic carboxylic acids is 1. The maximum atomic E-state index is 12.3. The standard InChI is InChI=1S/C15H20N2O3/c1-11-3-5-13(6-4-11)14(18)17-9-7-16(8-10-17)12(2)15(19)20/h3-6,12H,7-10H2,1-2H3,(H,19,20)/t12-/m0/s1. The molecule has 1 aliphatic rings. The van der Waals surface area contributed by atoms with E-state index in [1.54, 1.807) is 11.8 Å². The van der Waals surface area contributed by atoms with Crippen molar-refractivity contribution in [3.05, 3.63) is 35.4 Å². The van der Waals surface area contributed by atoms with Crippen molar-refractivity contribution in [3.63, 3.8) is 0 Å². The molecule has 0 spiro atoms. The van der Waals surface area contributed by atoms with Crippen LogP contribution in [0.25, 0.3) is 0 Å². The van der Waals surface area contributed by atoms with Crippen LogP contribution in [0.1, 0.15) is 22.8 Å². The first-order valence-electron chi connectivity index (χ1n) is 6.82. The Bertz CT molecular complexity index is 490. The molecule has 0 unspecified atom stereocenters. The van der Waals surface area contributed by atoms with Gasteiger partial charge in [-0.15, -0.1) is 0 Å². The minimum absolute atomic E-state index is 0.0210. The van der Waals surface area contributed by atoms with Gasteiger partial charge in [0, 0.05) is 31.7 Å². The Labute approximate surface area is 118 Å². The highest BCUT2D eigenvalue weighted by Gasteiger charge is 2.27. The lowest BCUT2D eigenvalue weighted by atomic mass is 10.1. The Balaban J connectivity index is 1.95. The maximum absolute atomic E-state index is 12.3. The van der Waals surface area contributed by atoms with Gasteiger partial charge in [0.25, 0.3) is 5.91 Å². The molecule has 2 rings (SSSR count). The van der Waals surface area contributed by atoms with Crippen molar-refractivity contribution in [2.75, 3.05) is 26.2 Å². The van der Waals surface area contributed by atoms with E-state index in [0.29, 0.717) is 31.7 Å². The van der Waals surface area contributed by atoms with Gasteiger partial charge < -0.3 is 10.0 Å². The van der Waals surface area contributed by atoms with Crippen LogP contribution in [0.4, 0.5) is 0 Å². The summed E-state index contributed by atoms with van der Waals surface area (Å²) in [6.07, 6.45) is 0. The first-order chi connectivity index (χ1) is 9.49. The third kappa shape index (κ3) is 3.17. The van der Waals surface area contributed by atoms with Gasteiger partial charge in [0.2, 0.25) is 0 Å². The number of amides is 1. The number of benzene rings is 1. The molecule has 1 saturated heterocycles. The van der Waals surface area contributed by atoms with Gasteiger partial charge in [0.15, 0.2) is 0 Å². The summed E-state index contributed by atoms with van der Waals surface area (Å²) in [5.41, 5.74) is 1.82. The fourth-order valence-electron chi connectivity index (χ4n) is 2.35. The summed E-state index contributed by atoms with van der Waals surface area (Å²) in [6, 6.07) is 7.03. The monoisotopic (exact) mass is 276 g/mol. The van der Waals surface area contributed by atoms with Crippen LogP contribution in [-0.2, 0) is 4.79 Å². The number of carbonyl (C=O) groups excluding carboxylic acids is 1. The van der Waals surface area contributed by atoms with Crippen LogP contribution in [-0.4, -0.2) is 59.0 Å². The smallest absolute Gasteiger partial charge is 0.320 e. The van der Waals surface area contributed by atoms with Crippen LogP contribution < -0.4 is 0 Å². The number of piperazine rings is 1. The predicted octanol–water partition coefficient (Wildman–Crippen LogP) is 1.23. The van der Waals surface area contributed by atoms with Crippen molar-refractivity contribution < 1.29 is 14.7 Å². The molecule has 1 N–H and O–H groups in total. The Morgan fingerprint density at radius 1 is 1.10 bits per heavy atom. The third-order valence-electron chi connectivity index (χ3n) is 3.81. The minimum Gasteiger partial charge on any atom is -0.480 e. The lowest BCUT2D eigenvalue weighted by Gasteiger charge is -2.36. The summed E-state index contributed by atoms with van der Waals surface area (Å²) in [6.45, 7) is 6.02.